The molecule has 2 rings (SSSR count). The average molecular weight is 314 g/mol. The first-order valence-electron chi connectivity index (χ1n) is 6.41. The zero-order valence-corrected chi connectivity index (χ0v) is 12.8. The lowest BCUT2D eigenvalue weighted by Crippen LogP contribution is -2.30. The summed E-state index contributed by atoms with van der Waals surface area (Å²) in [4.78, 5) is 0. The summed E-state index contributed by atoms with van der Waals surface area (Å²) < 4.78 is 27.2. The molecule has 21 heavy (non-hydrogen) atoms. The van der Waals surface area contributed by atoms with E-state index in [1.165, 1.54) is 6.20 Å². The number of aromatic amines is 2. The minimum Gasteiger partial charge on any atom is -0.310 e. The Morgan fingerprint density at radius 3 is 2.71 bits per heavy atom. The van der Waals surface area contributed by atoms with Crippen LogP contribution in [0.25, 0.3) is 0 Å². The monoisotopic (exact) mass is 314 g/mol. The van der Waals surface area contributed by atoms with Gasteiger partial charge in [-0.05, 0) is 6.92 Å². The number of H-pyrrole nitrogens is 2. The summed E-state index contributed by atoms with van der Waals surface area (Å²) in [6, 6.07) is -0.371. The number of hydrogen-bond acceptors (Lipinski definition) is 7. The van der Waals surface area contributed by atoms with Gasteiger partial charge in [0.1, 0.15) is 0 Å². The Bertz CT molecular complexity index is 663. The van der Waals surface area contributed by atoms with Crippen LogP contribution >= 0.6 is 0 Å². The smallest absolute Gasteiger partial charge is 0.258 e. The van der Waals surface area contributed by atoms with Crippen molar-refractivity contribution >= 4 is 10.0 Å². The van der Waals surface area contributed by atoms with Crippen molar-refractivity contribution in [3.8, 4) is 0 Å². The largest absolute Gasteiger partial charge is 0.310 e. The van der Waals surface area contributed by atoms with Gasteiger partial charge in [0, 0.05) is 18.2 Å². The van der Waals surface area contributed by atoms with Gasteiger partial charge in [-0.1, -0.05) is 19.1 Å². The molecule has 0 fully saturated rings. The fraction of sp³-hybridized carbons (Fsp3) is 0.600. The second kappa shape index (κ2) is 6.28. The standard InChI is InChI=1S/C10H18N8O2S/c1-6(2)11-4-8-5-12-15-10(8)21(19,20)16-7(3)9-13-17-18-14-9/h5-7,11,16H,4H2,1-3H3,(H,12,15)(H,13,14,17,18). The lowest BCUT2D eigenvalue weighted by atomic mass is 10.3. The molecule has 0 aliphatic carbocycles. The molecule has 11 heteroatoms. The van der Waals surface area contributed by atoms with E-state index in [-0.39, 0.29) is 16.9 Å². The number of rotatable bonds is 7. The lowest BCUT2D eigenvalue weighted by Gasteiger charge is -2.12. The maximum Gasteiger partial charge on any atom is 0.258 e. The molecule has 0 radical (unpaired) electrons. The predicted molar refractivity (Wildman–Crippen MR) is 73.5 cm³/mol. The molecule has 2 aromatic rings. The normalized spacial score (nSPS) is 13.7. The summed E-state index contributed by atoms with van der Waals surface area (Å²) in [5.74, 6) is 0.264. The molecular formula is C10H18N8O2S. The van der Waals surface area contributed by atoms with Crippen LogP contribution in [0.5, 0.6) is 0 Å². The van der Waals surface area contributed by atoms with Crippen molar-refractivity contribution in [2.75, 3.05) is 0 Å². The molecule has 0 bridgehead atoms. The first kappa shape index (κ1) is 15.5. The number of tetrazole rings is 1. The van der Waals surface area contributed by atoms with Crippen molar-refractivity contribution in [1.82, 2.24) is 40.9 Å². The van der Waals surface area contributed by atoms with Gasteiger partial charge < -0.3 is 5.32 Å². The second-order valence-corrected chi connectivity index (χ2v) is 6.52. The van der Waals surface area contributed by atoms with Gasteiger partial charge in [0.25, 0.3) is 10.0 Å². The van der Waals surface area contributed by atoms with Crippen LogP contribution in [-0.2, 0) is 16.6 Å². The van der Waals surface area contributed by atoms with Crippen LogP contribution in [0.3, 0.4) is 0 Å². The SMILES string of the molecule is CC(C)NCc1cn[nH]c1S(=O)(=O)NC(C)c1nn[nH]n1. The van der Waals surface area contributed by atoms with Gasteiger partial charge >= 0.3 is 0 Å². The van der Waals surface area contributed by atoms with Gasteiger partial charge in [-0.3, -0.25) is 5.10 Å². The molecule has 0 amide bonds. The highest BCUT2D eigenvalue weighted by Gasteiger charge is 2.25. The van der Waals surface area contributed by atoms with Crippen molar-refractivity contribution in [2.24, 2.45) is 0 Å². The average Bonchev–Trinajstić information content (AvgIpc) is 3.07. The van der Waals surface area contributed by atoms with Gasteiger partial charge in [-0.2, -0.15) is 15.0 Å². The highest BCUT2D eigenvalue weighted by Crippen LogP contribution is 2.15. The fourth-order valence-electron chi connectivity index (χ4n) is 1.67. The van der Waals surface area contributed by atoms with E-state index in [2.05, 4.69) is 40.9 Å². The number of aromatic nitrogens is 6. The number of nitrogens with one attached hydrogen (secondary N) is 4. The molecule has 116 valence electrons. The van der Waals surface area contributed by atoms with Crippen LogP contribution in [0.15, 0.2) is 11.2 Å². The Hall–Kier alpha value is -1.85. The molecule has 10 nitrogen and oxygen atoms in total. The molecule has 0 aromatic carbocycles. The van der Waals surface area contributed by atoms with E-state index in [1.54, 1.807) is 6.92 Å². The Kier molecular flexibility index (Phi) is 4.65. The quantitative estimate of drug-likeness (QED) is 0.537. The van der Waals surface area contributed by atoms with E-state index in [1.807, 2.05) is 13.8 Å². The summed E-state index contributed by atoms with van der Waals surface area (Å²) in [5.41, 5.74) is 0.566. The van der Waals surface area contributed by atoms with Crippen molar-refractivity contribution in [3.63, 3.8) is 0 Å². The van der Waals surface area contributed by atoms with Crippen molar-refractivity contribution in [3.05, 3.63) is 17.6 Å². The molecule has 1 unspecified atom stereocenters. The molecule has 0 saturated heterocycles. The summed E-state index contributed by atoms with van der Waals surface area (Å²) in [5, 5.41) is 22.7. The number of hydrogen-bond donors (Lipinski definition) is 4. The first-order chi connectivity index (χ1) is 9.90. The molecule has 0 spiro atoms. The maximum atomic E-state index is 12.4. The zero-order valence-electron chi connectivity index (χ0n) is 12.0. The van der Waals surface area contributed by atoms with Crippen LogP contribution in [0.1, 0.15) is 38.2 Å². The molecule has 2 heterocycles. The van der Waals surface area contributed by atoms with Crippen molar-refractivity contribution in [2.45, 2.75) is 44.4 Å². The molecule has 0 aliphatic rings. The summed E-state index contributed by atoms with van der Waals surface area (Å²) in [6.45, 7) is 5.99. The van der Waals surface area contributed by atoms with Gasteiger partial charge in [0.15, 0.2) is 10.9 Å². The Morgan fingerprint density at radius 2 is 2.10 bits per heavy atom. The van der Waals surface area contributed by atoms with Crippen LogP contribution in [0, 0.1) is 0 Å². The Morgan fingerprint density at radius 1 is 1.33 bits per heavy atom. The zero-order chi connectivity index (χ0) is 15.5. The third-order valence-corrected chi connectivity index (χ3v) is 4.28. The highest BCUT2D eigenvalue weighted by molar-refractivity contribution is 7.89. The van der Waals surface area contributed by atoms with Gasteiger partial charge in [-0.15, -0.1) is 10.2 Å². The highest BCUT2D eigenvalue weighted by atomic mass is 32.2. The minimum absolute atomic E-state index is 0.0333. The molecule has 1 atom stereocenters. The maximum absolute atomic E-state index is 12.4. The molecule has 0 saturated carbocycles. The van der Waals surface area contributed by atoms with Crippen LogP contribution in [0.4, 0.5) is 0 Å². The third kappa shape index (κ3) is 3.83. The first-order valence-corrected chi connectivity index (χ1v) is 7.89. The van der Waals surface area contributed by atoms with Crippen molar-refractivity contribution < 1.29 is 8.42 Å². The van der Waals surface area contributed by atoms with E-state index in [4.69, 9.17) is 0 Å². The number of nitrogens with zero attached hydrogens (tertiary/aromatic N) is 4. The fourth-order valence-corrected chi connectivity index (χ4v) is 3.00. The Balaban J connectivity index is 2.14. The molecule has 0 aliphatic heterocycles. The lowest BCUT2D eigenvalue weighted by molar-refractivity contribution is 0.549. The van der Waals surface area contributed by atoms with Gasteiger partial charge in [0.05, 0.1) is 12.2 Å². The molecule has 2 aromatic heterocycles. The number of sulfonamides is 1. The molecule has 4 N–H and O–H groups in total. The summed E-state index contributed by atoms with van der Waals surface area (Å²) >= 11 is 0. The van der Waals surface area contributed by atoms with Gasteiger partial charge in [-0.25, -0.2) is 8.42 Å². The topological polar surface area (TPSA) is 141 Å². The van der Waals surface area contributed by atoms with E-state index in [0.717, 1.165) is 0 Å². The van der Waals surface area contributed by atoms with Crippen molar-refractivity contribution in [1.29, 1.82) is 0 Å². The van der Waals surface area contributed by atoms with Crippen LogP contribution in [0.2, 0.25) is 0 Å². The minimum atomic E-state index is -3.75. The van der Waals surface area contributed by atoms with E-state index in [9.17, 15) is 8.42 Å². The van der Waals surface area contributed by atoms with E-state index in [0.29, 0.717) is 12.1 Å². The van der Waals surface area contributed by atoms with E-state index >= 15 is 0 Å². The second-order valence-electron chi connectivity index (χ2n) is 4.87. The van der Waals surface area contributed by atoms with E-state index < -0.39 is 16.1 Å². The van der Waals surface area contributed by atoms with Crippen LogP contribution in [-0.4, -0.2) is 45.3 Å². The summed E-state index contributed by atoms with van der Waals surface area (Å²) in [6.07, 6.45) is 1.49. The Labute approximate surface area is 122 Å². The summed E-state index contributed by atoms with van der Waals surface area (Å²) in [7, 11) is -3.75. The third-order valence-electron chi connectivity index (χ3n) is 2.73. The predicted octanol–water partition coefficient (Wildman–Crippen LogP) is -0.540. The molecular weight excluding hydrogens is 296 g/mol. The van der Waals surface area contributed by atoms with Gasteiger partial charge in [0.2, 0.25) is 0 Å². The van der Waals surface area contributed by atoms with Crippen LogP contribution < -0.4 is 10.0 Å².